The second-order valence-electron chi connectivity index (χ2n) is 6.44. The Bertz CT molecular complexity index is 385. The van der Waals surface area contributed by atoms with Crippen molar-refractivity contribution in [2.24, 2.45) is 11.8 Å². The van der Waals surface area contributed by atoms with E-state index in [1.165, 1.54) is 0 Å². The van der Waals surface area contributed by atoms with Crippen LogP contribution in [0.3, 0.4) is 0 Å². The van der Waals surface area contributed by atoms with E-state index in [2.05, 4.69) is 23.9 Å². The topological polar surface area (TPSA) is 61.4 Å². The summed E-state index contributed by atoms with van der Waals surface area (Å²) in [6, 6.07) is 0.166. The zero-order valence-electron chi connectivity index (χ0n) is 12.8. The maximum Gasteiger partial charge on any atom is 0.279 e. The minimum Gasteiger partial charge on any atom is -0.316 e. The van der Waals surface area contributed by atoms with Crippen molar-refractivity contribution in [2.75, 3.05) is 26.2 Å². The Balaban J connectivity index is 1.72. The van der Waals surface area contributed by atoms with Gasteiger partial charge in [-0.3, -0.25) is 0 Å². The van der Waals surface area contributed by atoms with Crippen LogP contribution in [0.1, 0.15) is 46.0 Å². The molecule has 2 fully saturated rings. The Kier molecular flexibility index (Phi) is 5.84. The SMILES string of the molecule is CCCNCC1CCN(S(=O)(=O)NC2CC(C)C2)CC1. The van der Waals surface area contributed by atoms with E-state index in [0.29, 0.717) is 24.9 Å². The van der Waals surface area contributed by atoms with Crippen molar-refractivity contribution < 1.29 is 8.42 Å². The molecule has 2 rings (SSSR count). The van der Waals surface area contributed by atoms with Gasteiger partial charge in [0.05, 0.1) is 0 Å². The minimum absolute atomic E-state index is 0.166. The number of hydrogen-bond donors (Lipinski definition) is 2. The van der Waals surface area contributed by atoms with Crippen LogP contribution >= 0.6 is 0 Å². The van der Waals surface area contributed by atoms with Crippen LogP contribution in [-0.2, 0) is 10.2 Å². The molecule has 0 radical (unpaired) electrons. The van der Waals surface area contributed by atoms with Crippen LogP contribution < -0.4 is 10.0 Å². The van der Waals surface area contributed by atoms with Crippen LogP contribution in [0.2, 0.25) is 0 Å². The van der Waals surface area contributed by atoms with E-state index in [1.54, 1.807) is 4.31 Å². The van der Waals surface area contributed by atoms with Gasteiger partial charge in [-0.25, -0.2) is 0 Å². The molecule has 1 saturated heterocycles. The molecule has 0 unspecified atom stereocenters. The van der Waals surface area contributed by atoms with E-state index in [0.717, 1.165) is 45.2 Å². The molecule has 5 nitrogen and oxygen atoms in total. The molecule has 0 aromatic carbocycles. The van der Waals surface area contributed by atoms with Crippen LogP contribution in [0.5, 0.6) is 0 Å². The van der Waals surface area contributed by atoms with Crippen LogP contribution in [0.25, 0.3) is 0 Å². The second kappa shape index (κ2) is 7.20. The molecular formula is C14H29N3O2S. The van der Waals surface area contributed by atoms with Gasteiger partial charge < -0.3 is 5.32 Å². The van der Waals surface area contributed by atoms with Crippen LogP contribution in [-0.4, -0.2) is 44.9 Å². The highest BCUT2D eigenvalue weighted by atomic mass is 32.2. The normalized spacial score (nSPS) is 29.3. The molecular weight excluding hydrogens is 274 g/mol. The molecule has 1 aliphatic heterocycles. The van der Waals surface area contributed by atoms with Gasteiger partial charge in [0.1, 0.15) is 0 Å². The first-order valence-corrected chi connectivity index (χ1v) is 9.43. The summed E-state index contributed by atoms with van der Waals surface area (Å²) in [7, 11) is -3.25. The summed E-state index contributed by atoms with van der Waals surface area (Å²) < 4.78 is 29.0. The number of nitrogens with zero attached hydrogens (tertiary/aromatic N) is 1. The van der Waals surface area contributed by atoms with Crippen molar-refractivity contribution in [3.63, 3.8) is 0 Å². The molecule has 0 aromatic rings. The Morgan fingerprint density at radius 2 is 1.85 bits per heavy atom. The lowest BCUT2D eigenvalue weighted by molar-refractivity contribution is 0.243. The molecule has 2 aliphatic rings. The first-order chi connectivity index (χ1) is 9.51. The van der Waals surface area contributed by atoms with Crippen molar-refractivity contribution in [1.29, 1.82) is 0 Å². The molecule has 2 N–H and O–H groups in total. The predicted molar refractivity (Wildman–Crippen MR) is 81.7 cm³/mol. The third kappa shape index (κ3) is 4.41. The van der Waals surface area contributed by atoms with E-state index in [9.17, 15) is 8.42 Å². The van der Waals surface area contributed by atoms with Gasteiger partial charge in [-0.15, -0.1) is 0 Å². The molecule has 0 spiro atoms. The fourth-order valence-electron chi connectivity index (χ4n) is 3.12. The standard InChI is InChI=1S/C14H29N3O2S/c1-3-6-15-11-13-4-7-17(8-5-13)20(18,19)16-14-9-12(2)10-14/h12-16H,3-11H2,1-2H3. The molecule has 0 bridgehead atoms. The minimum atomic E-state index is -3.25. The van der Waals surface area contributed by atoms with Gasteiger partial charge in [-0.1, -0.05) is 13.8 Å². The van der Waals surface area contributed by atoms with Gasteiger partial charge >= 0.3 is 0 Å². The highest BCUT2D eigenvalue weighted by Gasteiger charge is 2.33. The highest BCUT2D eigenvalue weighted by molar-refractivity contribution is 7.87. The molecule has 1 aliphatic carbocycles. The van der Waals surface area contributed by atoms with E-state index < -0.39 is 10.2 Å². The first kappa shape index (κ1) is 16.2. The molecule has 1 heterocycles. The third-order valence-corrected chi connectivity index (χ3v) is 6.14. The summed E-state index contributed by atoms with van der Waals surface area (Å²) in [6.45, 7) is 7.73. The molecule has 1 saturated carbocycles. The van der Waals surface area contributed by atoms with Crippen molar-refractivity contribution >= 4 is 10.2 Å². The van der Waals surface area contributed by atoms with Crippen molar-refractivity contribution in [1.82, 2.24) is 14.3 Å². The molecule has 20 heavy (non-hydrogen) atoms. The Hall–Kier alpha value is -0.170. The van der Waals surface area contributed by atoms with E-state index in [1.807, 2.05) is 0 Å². The van der Waals surface area contributed by atoms with E-state index >= 15 is 0 Å². The highest BCUT2D eigenvalue weighted by Crippen LogP contribution is 2.28. The maximum absolute atomic E-state index is 12.3. The number of piperidine rings is 1. The molecule has 0 amide bonds. The lowest BCUT2D eigenvalue weighted by Crippen LogP contribution is -2.51. The Morgan fingerprint density at radius 3 is 2.40 bits per heavy atom. The summed E-state index contributed by atoms with van der Waals surface area (Å²) in [5.74, 6) is 1.29. The molecule has 0 atom stereocenters. The van der Waals surface area contributed by atoms with Crippen LogP contribution in [0.15, 0.2) is 0 Å². The fraction of sp³-hybridized carbons (Fsp3) is 1.00. The monoisotopic (exact) mass is 303 g/mol. The van der Waals surface area contributed by atoms with Crippen LogP contribution in [0, 0.1) is 11.8 Å². The zero-order chi connectivity index (χ0) is 14.6. The first-order valence-electron chi connectivity index (χ1n) is 7.99. The number of hydrogen-bond acceptors (Lipinski definition) is 3. The van der Waals surface area contributed by atoms with Crippen molar-refractivity contribution in [3.05, 3.63) is 0 Å². The van der Waals surface area contributed by atoms with Gasteiger partial charge in [-0.05, 0) is 57.0 Å². The largest absolute Gasteiger partial charge is 0.316 e. The van der Waals surface area contributed by atoms with E-state index in [4.69, 9.17) is 0 Å². The Morgan fingerprint density at radius 1 is 1.20 bits per heavy atom. The Labute approximate surface area is 123 Å². The summed E-state index contributed by atoms with van der Waals surface area (Å²) in [4.78, 5) is 0. The van der Waals surface area contributed by atoms with Gasteiger partial charge in [0.15, 0.2) is 0 Å². The van der Waals surface area contributed by atoms with Gasteiger partial charge in [0, 0.05) is 19.1 Å². The average Bonchev–Trinajstić information content (AvgIpc) is 2.38. The maximum atomic E-state index is 12.3. The zero-order valence-corrected chi connectivity index (χ0v) is 13.6. The number of nitrogens with one attached hydrogen (secondary N) is 2. The number of rotatable bonds is 7. The molecule has 6 heteroatoms. The van der Waals surface area contributed by atoms with E-state index in [-0.39, 0.29) is 6.04 Å². The molecule has 118 valence electrons. The lowest BCUT2D eigenvalue weighted by atomic mass is 9.83. The quantitative estimate of drug-likeness (QED) is 0.698. The predicted octanol–water partition coefficient (Wildman–Crippen LogP) is 1.33. The van der Waals surface area contributed by atoms with Crippen molar-refractivity contribution in [2.45, 2.75) is 52.0 Å². The average molecular weight is 303 g/mol. The van der Waals surface area contributed by atoms with Crippen LogP contribution in [0.4, 0.5) is 0 Å². The fourth-order valence-corrected chi connectivity index (χ4v) is 4.57. The summed E-state index contributed by atoms with van der Waals surface area (Å²) in [5.41, 5.74) is 0. The third-order valence-electron chi connectivity index (χ3n) is 4.46. The second-order valence-corrected chi connectivity index (χ2v) is 8.15. The molecule has 0 aromatic heterocycles. The van der Waals surface area contributed by atoms with Gasteiger partial charge in [0.2, 0.25) is 0 Å². The summed E-state index contributed by atoms with van der Waals surface area (Å²) in [6.07, 6.45) is 5.06. The van der Waals surface area contributed by atoms with Gasteiger partial charge in [0.25, 0.3) is 10.2 Å². The van der Waals surface area contributed by atoms with Gasteiger partial charge in [-0.2, -0.15) is 17.4 Å². The lowest BCUT2D eigenvalue weighted by Gasteiger charge is -2.37. The summed E-state index contributed by atoms with van der Waals surface area (Å²) in [5, 5.41) is 3.43. The van der Waals surface area contributed by atoms with Crippen molar-refractivity contribution in [3.8, 4) is 0 Å². The summed E-state index contributed by atoms with van der Waals surface area (Å²) >= 11 is 0. The smallest absolute Gasteiger partial charge is 0.279 e.